The maximum atomic E-state index is 12.8. The summed E-state index contributed by atoms with van der Waals surface area (Å²) in [5.41, 5.74) is 1.73. The van der Waals surface area contributed by atoms with Crippen molar-refractivity contribution in [1.82, 2.24) is 25.4 Å². The van der Waals surface area contributed by atoms with Gasteiger partial charge in [0, 0.05) is 18.2 Å². The molecule has 0 radical (unpaired) electrons. The van der Waals surface area contributed by atoms with Crippen LogP contribution in [-0.4, -0.2) is 38.4 Å². The van der Waals surface area contributed by atoms with Crippen molar-refractivity contribution in [3.63, 3.8) is 0 Å². The number of benzene rings is 1. The Morgan fingerprint density at radius 3 is 2.45 bits per heavy atom. The molecule has 1 aromatic carbocycles. The fraction of sp³-hybridized carbons (Fsp3) is 0.565. The summed E-state index contributed by atoms with van der Waals surface area (Å²) in [5, 5.41) is 15.7. The number of hydrogen-bond acceptors (Lipinski definition) is 5. The summed E-state index contributed by atoms with van der Waals surface area (Å²) >= 11 is 1.39. The van der Waals surface area contributed by atoms with Crippen LogP contribution in [0.5, 0.6) is 0 Å². The summed E-state index contributed by atoms with van der Waals surface area (Å²) in [6.07, 6.45) is 4.53. The Morgan fingerprint density at radius 1 is 1.16 bits per heavy atom. The van der Waals surface area contributed by atoms with Gasteiger partial charge in [0.1, 0.15) is 0 Å². The van der Waals surface area contributed by atoms with Gasteiger partial charge in [0.15, 0.2) is 11.0 Å². The molecule has 3 rings (SSSR count). The van der Waals surface area contributed by atoms with Gasteiger partial charge < -0.3 is 15.2 Å². The van der Waals surface area contributed by atoms with Crippen molar-refractivity contribution >= 4 is 23.6 Å². The van der Waals surface area contributed by atoms with E-state index >= 15 is 0 Å². The Labute approximate surface area is 188 Å². The molecule has 1 fully saturated rings. The standard InChI is InChI=1S/C23H33N5O2S/c1-5-28-21(20(15(2)3)25-22(30)17-12-10-16(4)11-13-17)26-27-23(28)31-14-19(29)24-18-8-6-7-9-18/h10-13,15,18,20H,5-9,14H2,1-4H3,(H,24,29)(H,25,30). The van der Waals surface area contributed by atoms with Crippen molar-refractivity contribution in [2.45, 2.75) is 77.2 Å². The van der Waals surface area contributed by atoms with Crippen LogP contribution >= 0.6 is 11.8 Å². The van der Waals surface area contributed by atoms with Crippen LogP contribution in [0, 0.1) is 12.8 Å². The number of aryl methyl sites for hydroxylation is 1. The van der Waals surface area contributed by atoms with Gasteiger partial charge in [-0.2, -0.15) is 0 Å². The van der Waals surface area contributed by atoms with Gasteiger partial charge in [-0.3, -0.25) is 9.59 Å². The van der Waals surface area contributed by atoms with E-state index in [-0.39, 0.29) is 23.8 Å². The Kier molecular flexibility index (Phi) is 8.12. The number of nitrogens with zero attached hydrogens (tertiary/aromatic N) is 3. The molecule has 8 heteroatoms. The van der Waals surface area contributed by atoms with E-state index in [9.17, 15) is 9.59 Å². The normalized spacial score (nSPS) is 15.3. The number of rotatable bonds is 9. The molecule has 2 N–H and O–H groups in total. The van der Waals surface area contributed by atoms with Crippen LogP contribution in [0.25, 0.3) is 0 Å². The lowest BCUT2D eigenvalue weighted by atomic mass is 10.0. The lowest BCUT2D eigenvalue weighted by Crippen LogP contribution is -2.34. The van der Waals surface area contributed by atoms with E-state index in [0.29, 0.717) is 29.1 Å². The number of thioether (sulfide) groups is 1. The van der Waals surface area contributed by atoms with E-state index in [1.165, 1.54) is 24.6 Å². The quantitative estimate of drug-likeness (QED) is 0.574. The topological polar surface area (TPSA) is 88.9 Å². The zero-order valence-electron chi connectivity index (χ0n) is 18.9. The molecule has 31 heavy (non-hydrogen) atoms. The van der Waals surface area contributed by atoms with Gasteiger partial charge in [0.25, 0.3) is 5.91 Å². The van der Waals surface area contributed by atoms with E-state index in [2.05, 4.69) is 34.7 Å². The van der Waals surface area contributed by atoms with Gasteiger partial charge in [-0.1, -0.05) is 56.1 Å². The lowest BCUT2D eigenvalue weighted by Gasteiger charge is -2.22. The van der Waals surface area contributed by atoms with Crippen molar-refractivity contribution in [2.75, 3.05) is 5.75 Å². The highest BCUT2D eigenvalue weighted by Gasteiger charge is 2.26. The Hall–Kier alpha value is -2.35. The molecule has 168 valence electrons. The van der Waals surface area contributed by atoms with Gasteiger partial charge in [0.2, 0.25) is 5.91 Å². The average molecular weight is 444 g/mol. The third-order valence-corrected chi connectivity index (χ3v) is 6.63. The number of hydrogen-bond donors (Lipinski definition) is 2. The maximum absolute atomic E-state index is 12.8. The third kappa shape index (κ3) is 6.09. The summed E-state index contributed by atoms with van der Waals surface area (Å²) in [6.45, 7) is 8.79. The number of amides is 2. The lowest BCUT2D eigenvalue weighted by molar-refractivity contribution is -0.119. The molecule has 1 heterocycles. The minimum Gasteiger partial charge on any atom is -0.353 e. The van der Waals surface area contributed by atoms with Crippen LogP contribution < -0.4 is 10.6 Å². The van der Waals surface area contributed by atoms with Gasteiger partial charge in [-0.15, -0.1) is 10.2 Å². The van der Waals surface area contributed by atoms with Crippen molar-refractivity contribution in [3.05, 3.63) is 41.2 Å². The first-order chi connectivity index (χ1) is 14.9. The van der Waals surface area contributed by atoms with Crippen LogP contribution in [0.1, 0.15) is 74.2 Å². The van der Waals surface area contributed by atoms with E-state index in [1.54, 1.807) is 0 Å². The SMILES string of the molecule is CCn1c(SCC(=O)NC2CCCC2)nnc1C(NC(=O)c1ccc(C)cc1)C(C)C. The molecule has 1 atom stereocenters. The summed E-state index contributed by atoms with van der Waals surface area (Å²) < 4.78 is 1.99. The highest BCUT2D eigenvalue weighted by molar-refractivity contribution is 7.99. The summed E-state index contributed by atoms with van der Waals surface area (Å²) in [6, 6.07) is 7.56. The third-order valence-electron chi connectivity index (χ3n) is 5.66. The fourth-order valence-electron chi connectivity index (χ4n) is 3.86. The second kappa shape index (κ2) is 10.8. The number of nitrogens with one attached hydrogen (secondary N) is 2. The molecule has 0 aliphatic heterocycles. The minimum absolute atomic E-state index is 0.0391. The molecule has 0 saturated heterocycles. The first kappa shape index (κ1) is 23.3. The van der Waals surface area contributed by atoms with Crippen molar-refractivity contribution < 1.29 is 9.59 Å². The van der Waals surface area contributed by atoms with Crippen LogP contribution in [0.2, 0.25) is 0 Å². The molecule has 2 amide bonds. The molecule has 2 aromatic rings. The van der Waals surface area contributed by atoms with Gasteiger partial charge in [0.05, 0.1) is 11.8 Å². The zero-order valence-corrected chi connectivity index (χ0v) is 19.7. The van der Waals surface area contributed by atoms with Gasteiger partial charge in [-0.05, 0) is 44.7 Å². The molecule has 7 nitrogen and oxygen atoms in total. The monoisotopic (exact) mass is 443 g/mol. The number of carbonyl (C=O) groups is 2. The van der Waals surface area contributed by atoms with E-state index < -0.39 is 0 Å². The maximum Gasteiger partial charge on any atom is 0.251 e. The van der Waals surface area contributed by atoms with Gasteiger partial charge >= 0.3 is 0 Å². The summed E-state index contributed by atoms with van der Waals surface area (Å²) in [7, 11) is 0. The minimum atomic E-state index is -0.275. The first-order valence-electron chi connectivity index (χ1n) is 11.1. The summed E-state index contributed by atoms with van der Waals surface area (Å²) in [5.74, 6) is 1.08. The van der Waals surface area contributed by atoms with Gasteiger partial charge in [-0.25, -0.2) is 0 Å². The molecule has 0 bridgehead atoms. The predicted octanol–water partition coefficient (Wildman–Crippen LogP) is 3.88. The summed E-state index contributed by atoms with van der Waals surface area (Å²) in [4.78, 5) is 25.1. The van der Waals surface area contributed by atoms with Crippen molar-refractivity contribution in [3.8, 4) is 0 Å². The number of carbonyl (C=O) groups excluding carboxylic acids is 2. The highest BCUT2D eigenvalue weighted by Crippen LogP contribution is 2.26. The Morgan fingerprint density at radius 2 is 1.84 bits per heavy atom. The molecular formula is C23H33N5O2S. The Balaban J connectivity index is 1.68. The molecule has 1 aliphatic carbocycles. The van der Waals surface area contributed by atoms with E-state index in [4.69, 9.17) is 0 Å². The molecule has 1 unspecified atom stereocenters. The van der Waals surface area contributed by atoms with E-state index in [0.717, 1.165) is 24.2 Å². The Bertz CT molecular complexity index is 888. The molecular weight excluding hydrogens is 410 g/mol. The van der Waals surface area contributed by atoms with Crippen molar-refractivity contribution in [2.24, 2.45) is 5.92 Å². The first-order valence-corrected chi connectivity index (χ1v) is 12.1. The van der Waals surface area contributed by atoms with Crippen LogP contribution in [-0.2, 0) is 11.3 Å². The fourth-order valence-corrected chi connectivity index (χ4v) is 4.68. The largest absolute Gasteiger partial charge is 0.353 e. The molecule has 1 saturated carbocycles. The smallest absolute Gasteiger partial charge is 0.251 e. The predicted molar refractivity (Wildman–Crippen MR) is 123 cm³/mol. The van der Waals surface area contributed by atoms with E-state index in [1.807, 2.05) is 42.7 Å². The number of aromatic nitrogens is 3. The van der Waals surface area contributed by atoms with Crippen molar-refractivity contribution in [1.29, 1.82) is 0 Å². The van der Waals surface area contributed by atoms with Crippen LogP contribution in [0.3, 0.4) is 0 Å². The molecule has 1 aliphatic rings. The average Bonchev–Trinajstić information content (AvgIpc) is 3.40. The zero-order chi connectivity index (χ0) is 22.4. The van der Waals surface area contributed by atoms with Crippen LogP contribution in [0.4, 0.5) is 0 Å². The van der Waals surface area contributed by atoms with Crippen LogP contribution in [0.15, 0.2) is 29.4 Å². The molecule has 0 spiro atoms. The second-order valence-electron chi connectivity index (χ2n) is 8.48. The molecule has 1 aromatic heterocycles. The highest BCUT2D eigenvalue weighted by atomic mass is 32.2. The second-order valence-corrected chi connectivity index (χ2v) is 9.43.